The van der Waals surface area contributed by atoms with Gasteiger partial charge in [-0.3, -0.25) is 0 Å². The molecule has 0 atom stereocenters. The first-order chi connectivity index (χ1) is 8.53. The Morgan fingerprint density at radius 3 is 2.50 bits per heavy atom. The molecule has 0 aliphatic carbocycles. The molecule has 1 heteroatoms. The fraction of sp³-hybridized carbons (Fsp3) is 0.412. The van der Waals surface area contributed by atoms with Crippen LogP contribution in [0.15, 0.2) is 36.4 Å². The van der Waals surface area contributed by atoms with Crippen molar-refractivity contribution in [2.75, 3.05) is 6.54 Å². The van der Waals surface area contributed by atoms with Crippen molar-refractivity contribution >= 4 is 10.8 Å². The van der Waals surface area contributed by atoms with Crippen molar-refractivity contribution in [3.8, 4) is 0 Å². The lowest BCUT2D eigenvalue weighted by molar-refractivity contribution is 0.348. The topological polar surface area (TPSA) is 26.0 Å². The van der Waals surface area contributed by atoms with Crippen LogP contribution in [0.25, 0.3) is 10.8 Å². The molecule has 2 N–H and O–H groups in total. The van der Waals surface area contributed by atoms with E-state index in [9.17, 15) is 0 Å². The van der Waals surface area contributed by atoms with Gasteiger partial charge < -0.3 is 5.73 Å². The molecule has 2 aromatic rings. The molecule has 0 radical (unpaired) electrons. The van der Waals surface area contributed by atoms with E-state index in [4.69, 9.17) is 5.73 Å². The average molecular weight is 241 g/mol. The van der Waals surface area contributed by atoms with Gasteiger partial charge in [-0.05, 0) is 53.6 Å². The minimum Gasteiger partial charge on any atom is -0.330 e. The molecule has 18 heavy (non-hydrogen) atoms. The summed E-state index contributed by atoms with van der Waals surface area (Å²) in [5.41, 5.74) is 8.92. The number of rotatable bonds is 4. The van der Waals surface area contributed by atoms with Crippen molar-refractivity contribution in [1.82, 2.24) is 0 Å². The number of aryl methyl sites for hydroxylation is 2. The number of hydrogen-bond acceptors (Lipinski definition) is 1. The van der Waals surface area contributed by atoms with Crippen LogP contribution in [0, 0.1) is 12.3 Å². The molecule has 0 aliphatic rings. The maximum atomic E-state index is 5.82. The van der Waals surface area contributed by atoms with Gasteiger partial charge in [-0.25, -0.2) is 0 Å². The largest absolute Gasteiger partial charge is 0.330 e. The molecule has 0 aromatic heterocycles. The lowest BCUT2D eigenvalue weighted by Crippen LogP contribution is -2.24. The van der Waals surface area contributed by atoms with Gasteiger partial charge in [0.2, 0.25) is 0 Å². The summed E-state index contributed by atoms with van der Waals surface area (Å²) in [6.07, 6.45) is 2.25. The van der Waals surface area contributed by atoms with E-state index in [1.807, 2.05) is 0 Å². The Balaban J connectivity index is 2.35. The Labute approximate surface area is 110 Å². The SMILES string of the molecule is Cc1ccc2ccccc2c1CCC(C)(C)CN. The predicted molar refractivity (Wildman–Crippen MR) is 79.8 cm³/mol. The minimum absolute atomic E-state index is 0.226. The van der Waals surface area contributed by atoms with E-state index in [1.165, 1.54) is 21.9 Å². The van der Waals surface area contributed by atoms with E-state index >= 15 is 0 Å². The van der Waals surface area contributed by atoms with Crippen molar-refractivity contribution in [2.45, 2.75) is 33.6 Å². The first-order valence-corrected chi connectivity index (χ1v) is 6.71. The zero-order valence-corrected chi connectivity index (χ0v) is 11.7. The monoisotopic (exact) mass is 241 g/mol. The molecule has 2 rings (SSSR count). The van der Waals surface area contributed by atoms with E-state index in [0.29, 0.717) is 0 Å². The Bertz CT molecular complexity index is 540. The number of hydrogen-bond donors (Lipinski definition) is 1. The third kappa shape index (κ3) is 2.73. The lowest BCUT2D eigenvalue weighted by atomic mass is 9.84. The summed E-state index contributed by atoms with van der Waals surface area (Å²) in [6, 6.07) is 13.1. The lowest BCUT2D eigenvalue weighted by Gasteiger charge is -2.23. The van der Waals surface area contributed by atoms with Crippen molar-refractivity contribution in [2.24, 2.45) is 11.1 Å². The highest BCUT2D eigenvalue weighted by atomic mass is 14.6. The molecule has 0 bridgehead atoms. The molecule has 0 aliphatic heterocycles. The van der Waals surface area contributed by atoms with Gasteiger partial charge in [-0.15, -0.1) is 0 Å². The fourth-order valence-electron chi connectivity index (χ4n) is 2.34. The molecular formula is C17H23N. The second-order valence-electron chi connectivity index (χ2n) is 5.95. The van der Waals surface area contributed by atoms with Crippen LogP contribution in [0.5, 0.6) is 0 Å². The molecule has 0 heterocycles. The second-order valence-corrected chi connectivity index (χ2v) is 5.95. The van der Waals surface area contributed by atoms with Gasteiger partial charge in [0.25, 0.3) is 0 Å². The van der Waals surface area contributed by atoms with Crippen LogP contribution in [-0.4, -0.2) is 6.54 Å². The summed E-state index contributed by atoms with van der Waals surface area (Å²) in [6.45, 7) is 7.44. The second kappa shape index (κ2) is 5.11. The van der Waals surface area contributed by atoms with Crippen LogP contribution in [0.4, 0.5) is 0 Å². The molecule has 0 saturated carbocycles. The molecule has 1 nitrogen and oxygen atoms in total. The number of benzene rings is 2. The first kappa shape index (κ1) is 13.1. The van der Waals surface area contributed by atoms with Crippen molar-refractivity contribution in [3.63, 3.8) is 0 Å². The van der Waals surface area contributed by atoms with Crippen molar-refractivity contribution in [3.05, 3.63) is 47.5 Å². The molecular weight excluding hydrogens is 218 g/mol. The summed E-state index contributed by atoms with van der Waals surface area (Å²) in [5, 5.41) is 2.73. The summed E-state index contributed by atoms with van der Waals surface area (Å²) < 4.78 is 0. The smallest absolute Gasteiger partial charge is 0.00257 e. The van der Waals surface area contributed by atoms with Gasteiger partial charge in [0, 0.05) is 0 Å². The molecule has 0 spiro atoms. The summed E-state index contributed by atoms with van der Waals surface area (Å²) in [7, 11) is 0. The van der Waals surface area contributed by atoms with E-state index in [-0.39, 0.29) is 5.41 Å². The third-order valence-corrected chi connectivity index (χ3v) is 3.88. The zero-order chi connectivity index (χ0) is 13.2. The number of fused-ring (bicyclic) bond motifs is 1. The van der Waals surface area contributed by atoms with Crippen LogP contribution in [-0.2, 0) is 6.42 Å². The molecule has 0 saturated heterocycles. The molecule has 96 valence electrons. The zero-order valence-electron chi connectivity index (χ0n) is 11.7. The maximum Gasteiger partial charge on any atom is -0.00257 e. The minimum atomic E-state index is 0.226. The van der Waals surface area contributed by atoms with Gasteiger partial charge in [0.05, 0.1) is 0 Å². The van der Waals surface area contributed by atoms with Gasteiger partial charge in [0.1, 0.15) is 0 Å². The van der Waals surface area contributed by atoms with Gasteiger partial charge in [-0.2, -0.15) is 0 Å². The standard InChI is InChI=1S/C17H23N/c1-13-8-9-14-6-4-5-7-16(14)15(13)10-11-17(2,3)12-18/h4-9H,10-12,18H2,1-3H3. The van der Waals surface area contributed by atoms with E-state index < -0.39 is 0 Å². The van der Waals surface area contributed by atoms with E-state index in [2.05, 4.69) is 57.2 Å². The van der Waals surface area contributed by atoms with Crippen LogP contribution in [0.3, 0.4) is 0 Å². The average Bonchev–Trinajstić information content (AvgIpc) is 2.37. The van der Waals surface area contributed by atoms with Gasteiger partial charge in [-0.1, -0.05) is 50.2 Å². The first-order valence-electron chi connectivity index (χ1n) is 6.71. The summed E-state index contributed by atoms with van der Waals surface area (Å²) in [4.78, 5) is 0. The molecule has 2 aromatic carbocycles. The van der Waals surface area contributed by atoms with Gasteiger partial charge in [0.15, 0.2) is 0 Å². The number of nitrogens with two attached hydrogens (primary N) is 1. The highest BCUT2D eigenvalue weighted by Gasteiger charge is 2.16. The van der Waals surface area contributed by atoms with Crippen molar-refractivity contribution in [1.29, 1.82) is 0 Å². The summed E-state index contributed by atoms with van der Waals surface area (Å²) >= 11 is 0. The van der Waals surface area contributed by atoms with Gasteiger partial charge >= 0.3 is 0 Å². The highest BCUT2D eigenvalue weighted by Crippen LogP contribution is 2.27. The predicted octanol–water partition coefficient (Wildman–Crippen LogP) is 4.07. The molecule has 0 amide bonds. The van der Waals surface area contributed by atoms with E-state index in [0.717, 1.165) is 19.4 Å². The third-order valence-electron chi connectivity index (χ3n) is 3.88. The fourth-order valence-corrected chi connectivity index (χ4v) is 2.34. The Kier molecular flexibility index (Phi) is 3.72. The van der Waals surface area contributed by atoms with Crippen LogP contribution in [0.1, 0.15) is 31.4 Å². The quantitative estimate of drug-likeness (QED) is 0.858. The van der Waals surface area contributed by atoms with Crippen molar-refractivity contribution < 1.29 is 0 Å². The Morgan fingerprint density at radius 2 is 1.78 bits per heavy atom. The molecule has 0 fully saturated rings. The normalized spacial score (nSPS) is 12.0. The highest BCUT2D eigenvalue weighted by molar-refractivity contribution is 5.86. The Hall–Kier alpha value is -1.34. The van der Waals surface area contributed by atoms with E-state index in [1.54, 1.807) is 0 Å². The van der Waals surface area contributed by atoms with Crippen LogP contribution >= 0.6 is 0 Å². The summed E-state index contributed by atoms with van der Waals surface area (Å²) in [5.74, 6) is 0. The Morgan fingerprint density at radius 1 is 1.06 bits per heavy atom. The van der Waals surface area contributed by atoms with Crippen LogP contribution < -0.4 is 5.73 Å². The maximum absolute atomic E-state index is 5.82. The molecule has 0 unspecified atom stereocenters. The van der Waals surface area contributed by atoms with Crippen LogP contribution in [0.2, 0.25) is 0 Å².